The largest absolute Gasteiger partial charge is 0.465 e. The molecule has 0 bridgehead atoms. The number of Topliss-reactive ketones (excluding diaryl/α,β-unsaturated/α-hetero) is 1. The van der Waals surface area contributed by atoms with Crippen LogP contribution >= 0.6 is 0 Å². The highest BCUT2D eigenvalue weighted by Gasteiger charge is 2.08. The Morgan fingerprint density at radius 1 is 1.33 bits per heavy atom. The van der Waals surface area contributed by atoms with Gasteiger partial charge >= 0.3 is 5.97 Å². The first-order chi connectivity index (χ1) is 7.10. The molecule has 0 radical (unpaired) electrons. The van der Waals surface area contributed by atoms with Crippen LogP contribution in [0, 0.1) is 5.92 Å². The van der Waals surface area contributed by atoms with E-state index in [4.69, 9.17) is 10.5 Å². The molecule has 0 aromatic heterocycles. The van der Waals surface area contributed by atoms with Crippen LogP contribution in [0.5, 0.6) is 0 Å². The van der Waals surface area contributed by atoms with Crippen molar-refractivity contribution in [1.29, 1.82) is 0 Å². The number of hydrogen-bond donors (Lipinski definition) is 1. The summed E-state index contributed by atoms with van der Waals surface area (Å²) in [4.78, 5) is 22.0. The highest BCUT2D eigenvalue weighted by atomic mass is 16.5. The van der Waals surface area contributed by atoms with Crippen molar-refractivity contribution in [3.05, 3.63) is 0 Å². The number of rotatable bonds is 8. The van der Waals surface area contributed by atoms with Crippen molar-refractivity contribution in [2.75, 3.05) is 13.2 Å². The maximum Gasteiger partial charge on any atom is 0.306 e. The van der Waals surface area contributed by atoms with Crippen molar-refractivity contribution in [2.45, 2.75) is 39.5 Å². The standard InChI is InChI=1S/C11H21NO3/c1-3-4-9(2)8-15-11(14)6-5-10(13)7-12/h9H,3-8,12H2,1-2H3. The highest BCUT2D eigenvalue weighted by molar-refractivity contribution is 5.84. The molecule has 4 nitrogen and oxygen atoms in total. The number of carbonyl (C=O) groups excluding carboxylic acids is 2. The van der Waals surface area contributed by atoms with Gasteiger partial charge in [-0.3, -0.25) is 9.59 Å². The van der Waals surface area contributed by atoms with Gasteiger partial charge in [-0.2, -0.15) is 0 Å². The number of hydrogen-bond acceptors (Lipinski definition) is 4. The Labute approximate surface area is 91.2 Å². The quantitative estimate of drug-likeness (QED) is 0.619. The van der Waals surface area contributed by atoms with Gasteiger partial charge in [0.1, 0.15) is 5.78 Å². The molecule has 0 fully saturated rings. The normalized spacial score (nSPS) is 12.2. The summed E-state index contributed by atoms with van der Waals surface area (Å²) in [6.07, 6.45) is 2.48. The zero-order valence-electron chi connectivity index (χ0n) is 9.62. The lowest BCUT2D eigenvalue weighted by molar-refractivity contribution is -0.146. The smallest absolute Gasteiger partial charge is 0.306 e. The third-order valence-corrected chi connectivity index (χ3v) is 2.15. The van der Waals surface area contributed by atoms with E-state index >= 15 is 0 Å². The Hall–Kier alpha value is -0.900. The van der Waals surface area contributed by atoms with Gasteiger partial charge in [0.05, 0.1) is 19.6 Å². The van der Waals surface area contributed by atoms with Gasteiger partial charge < -0.3 is 10.5 Å². The lowest BCUT2D eigenvalue weighted by Gasteiger charge is -2.10. The molecule has 0 saturated carbocycles. The predicted octanol–water partition coefficient (Wildman–Crippen LogP) is 1.27. The van der Waals surface area contributed by atoms with Crippen LogP contribution in [0.2, 0.25) is 0 Å². The topological polar surface area (TPSA) is 69.4 Å². The van der Waals surface area contributed by atoms with Crippen LogP contribution in [-0.2, 0) is 14.3 Å². The molecule has 88 valence electrons. The van der Waals surface area contributed by atoms with Crippen molar-refractivity contribution in [2.24, 2.45) is 11.7 Å². The summed E-state index contributed by atoms with van der Waals surface area (Å²) in [6.45, 7) is 4.59. The van der Waals surface area contributed by atoms with E-state index in [9.17, 15) is 9.59 Å². The molecule has 0 heterocycles. The Morgan fingerprint density at radius 2 is 2.00 bits per heavy atom. The van der Waals surface area contributed by atoms with Gasteiger partial charge in [-0.05, 0) is 12.3 Å². The molecule has 0 aliphatic carbocycles. The Kier molecular flexibility index (Phi) is 7.91. The lowest BCUT2D eigenvalue weighted by atomic mass is 10.1. The van der Waals surface area contributed by atoms with E-state index in [0.29, 0.717) is 12.5 Å². The molecule has 4 heteroatoms. The van der Waals surface area contributed by atoms with Gasteiger partial charge in [-0.25, -0.2) is 0 Å². The molecule has 2 N–H and O–H groups in total. The van der Waals surface area contributed by atoms with Crippen LogP contribution in [-0.4, -0.2) is 24.9 Å². The van der Waals surface area contributed by atoms with Crippen LogP contribution in [0.15, 0.2) is 0 Å². The van der Waals surface area contributed by atoms with E-state index < -0.39 is 0 Å². The Morgan fingerprint density at radius 3 is 2.53 bits per heavy atom. The van der Waals surface area contributed by atoms with Crippen LogP contribution < -0.4 is 5.73 Å². The van der Waals surface area contributed by atoms with Crippen molar-refractivity contribution in [1.82, 2.24) is 0 Å². The average molecular weight is 215 g/mol. The summed E-state index contributed by atoms with van der Waals surface area (Å²) in [5, 5.41) is 0. The molecule has 0 amide bonds. The third-order valence-electron chi connectivity index (χ3n) is 2.15. The first-order valence-corrected chi connectivity index (χ1v) is 5.47. The fourth-order valence-corrected chi connectivity index (χ4v) is 1.23. The fraction of sp³-hybridized carbons (Fsp3) is 0.818. The van der Waals surface area contributed by atoms with E-state index in [1.54, 1.807) is 0 Å². The molecule has 15 heavy (non-hydrogen) atoms. The Balaban J connectivity index is 3.53. The summed E-state index contributed by atoms with van der Waals surface area (Å²) in [5.74, 6) is -0.0162. The Bertz CT molecular complexity index is 204. The van der Waals surface area contributed by atoms with Crippen LogP contribution in [0.3, 0.4) is 0 Å². The summed E-state index contributed by atoms with van der Waals surface area (Å²) in [5.41, 5.74) is 5.12. The van der Waals surface area contributed by atoms with E-state index in [0.717, 1.165) is 12.8 Å². The third kappa shape index (κ3) is 8.12. The number of ketones is 1. The van der Waals surface area contributed by atoms with Crippen molar-refractivity contribution >= 4 is 11.8 Å². The average Bonchev–Trinajstić information content (AvgIpc) is 2.23. The van der Waals surface area contributed by atoms with Gasteiger partial charge in [0.15, 0.2) is 0 Å². The molecule has 1 unspecified atom stereocenters. The molecule has 0 aromatic carbocycles. The molecule has 0 aliphatic rings. The molecule has 1 atom stereocenters. The van der Waals surface area contributed by atoms with Crippen LogP contribution in [0.1, 0.15) is 39.5 Å². The summed E-state index contributed by atoms with van der Waals surface area (Å²) in [6, 6.07) is 0. The van der Waals surface area contributed by atoms with Crippen molar-refractivity contribution < 1.29 is 14.3 Å². The summed E-state index contributed by atoms with van der Waals surface area (Å²) in [7, 11) is 0. The lowest BCUT2D eigenvalue weighted by Crippen LogP contribution is -2.17. The van der Waals surface area contributed by atoms with E-state index in [1.807, 2.05) is 6.92 Å². The molecular formula is C11H21NO3. The SMILES string of the molecule is CCCC(C)COC(=O)CCC(=O)CN. The monoisotopic (exact) mass is 215 g/mol. The first kappa shape index (κ1) is 14.1. The molecule has 0 saturated heterocycles. The van der Waals surface area contributed by atoms with E-state index in [2.05, 4.69) is 6.92 Å². The van der Waals surface area contributed by atoms with Crippen LogP contribution in [0.4, 0.5) is 0 Å². The number of esters is 1. The van der Waals surface area contributed by atoms with Gasteiger partial charge in [0.25, 0.3) is 0 Å². The highest BCUT2D eigenvalue weighted by Crippen LogP contribution is 2.06. The maximum atomic E-state index is 11.2. The number of ether oxygens (including phenoxy) is 1. The minimum absolute atomic E-state index is 0.000479. The van der Waals surface area contributed by atoms with Crippen molar-refractivity contribution in [3.8, 4) is 0 Å². The van der Waals surface area contributed by atoms with Gasteiger partial charge in [0.2, 0.25) is 0 Å². The zero-order valence-corrected chi connectivity index (χ0v) is 9.62. The number of carbonyl (C=O) groups is 2. The van der Waals surface area contributed by atoms with Crippen molar-refractivity contribution in [3.63, 3.8) is 0 Å². The summed E-state index contributed by atoms with van der Waals surface area (Å²) < 4.78 is 5.02. The van der Waals surface area contributed by atoms with E-state index in [-0.39, 0.29) is 31.1 Å². The molecular weight excluding hydrogens is 194 g/mol. The predicted molar refractivity (Wildman–Crippen MR) is 58.3 cm³/mol. The first-order valence-electron chi connectivity index (χ1n) is 5.47. The zero-order chi connectivity index (χ0) is 11.7. The molecule has 0 spiro atoms. The maximum absolute atomic E-state index is 11.2. The number of nitrogens with two attached hydrogens (primary N) is 1. The molecule has 0 aromatic rings. The summed E-state index contributed by atoms with van der Waals surface area (Å²) >= 11 is 0. The van der Waals surface area contributed by atoms with Gasteiger partial charge in [-0.15, -0.1) is 0 Å². The van der Waals surface area contributed by atoms with Gasteiger partial charge in [0, 0.05) is 6.42 Å². The van der Waals surface area contributed by atoms with E-state index in [1.165, 1.54) is 0 Å². The second kappa shape index (κ2) is 8.41. The second-order valence-corrected chi connectivity index (χ2v) is 3.82. The molecule has 0 aliphatic heterocycles. The minimum Gasteiger partial charge on any atom is -0.465 e. The van der Waals surface area contributed by atoms with Crippen LogP contribution in [0.25, 0.3) is 0 Å². The second-order valence-electron chi connectivity index (χ2n) is 3.82. The molecule has 0 rings (SSSR count). The van der Waals surface area contributed by atoms with Gasteiger partial charge in [-0.1, -0.05) is 20.3 Å². The minimum atomic E-state index is -0.306. The fourth-order valence-electron chi connectivity index (χ4n) is 1.23.